The summed E-state index contributed by atoms with van der Waals surface area (Å²) in [6, 6.07) is 10.1. The van der Waals surface area contributed by atoms with Gasteiger partial charge in [0, 0.05) is 18.6 Å². The molecule has 3 aromatic heterocycles. The molecule has 0 unspecified atom stereocenters. The van der Waals surface area contributed by atoms with Gasteiger partial charge in [0.1, 0.15) is 0 Å². The SMILES string of the molecule is CC(C)c1ccn(C(c2ccccn2)n2ccc(C(C)C)n2)n1. The fourth-order valence-corrected chi connectivity index (χ4v) is 2.51. The van der Waals surface area contributed by atoms with Crippen LogP contribution >= 0.6 is 0 Å². The van der Waals surface area contributed by atoms with Crippen molar-refractivity contribution in [2.24, 2.45) is 0 Å². The number of aromatic nitrogens is 5. The van der Waals surface area contributed by atoms with Crippen molar-refractivity contribution in [3.63, 3.8) is 0 Å². The highest BCUT2D eigenvalue weighted by molar-refractivity contribution is 5.14. The summed E-state index contributed by atoms with van der Waals surface area (Å²) in [7, 11) is 0. The van der Waals surface area contributed by atoms with Crippen LogP contribution in [0.3, 0.4) is 0 Å². The van der Waals surface area contributed by atoms with E-state index in [-0.39, 0.29) is 6.17 Å². The first-order valence-corrected chi connectivity index (χ1v) is 8.07. The fourth-order valence-electron chi connectivity index (χ4n) is 2.51. The Morgan fingerprint density at radius 3 is 1.70 bits per heavy atom. The van der Waals surface area contributed by atoms with Crippen molar-refractivity contribution >= 4 is 0 Å². The van der Waals surface area contributed by atoms with Gasteiger partial charge in [-0.1, -0.05) is 33.8 Å². The number of pyridine rings is 1. The summed E-state index contributed by atoms with van der Waals surface area (Å²) in [5, 5.41) is 9.47. The second-order valence-corrected chi connectivity index (χ2v) is 6.38. The lowest BCUT2D eigenvalue weighted by Gasteiger charge is -2.18. The molecular weight excluding hydrogens is 286 g/mol. The van der Waals surface area contributed by atoms with Crippen LogP contribution in [-0.4, -0.2) is 24.5 Å². The molecule has 0 aromatic carbocycles. The van der Waals surface area contributed by atoms with Gasteiger partial charge < -0.3 is 0 Å². The summed E-state index contributed by atoms with van der Waals surface area (Å²) in [6.07, 6.45) is 5.65. The maximum atomic E-state index is 4.73. The van der Waals surface area contributed by atoms with Gasteiger partial charge in [-0.3, -0.25) is 4.98 Å². The van der Waals surface area contributed by atoms with Crippen molar-refractivity contribution in [1.82, 2.24) is 24.5 Å². The van der Waals surface area contributed by atoms with Gasteiger partial charge in [-0.15, -0.1) is 0 Å². The highest BCUT2D eigenvalue weighted by Gasteiger charge is 2.20. The minimum absolute atomic E-state index is 0.170. The van der Waals surface area contributed by atoms with Crippen molar-refractivity contribution in [3.8, 4) is 0 Å². The van der Waals surface area contributed by atoms with Gasteiger partial charge in [-0.2, -0.15) is 10.2 Å². The molecular formula is C18H23N5. The monoisotopic (exact) mass is 309 g/mol. The van der Waals surface area contributed by atoms with Gasteiger partial charge in [0.15, 0.2) is 6.17 Å². The normalized spacial score (nSPS) is 11.8. The van der Waals surface area contributed by atoms with Crippen LogP contribution in [0.25, 0.3) is 0 Å². The first-order chi connectivity index (χ1) is 11.1. The zero-order valence-corrected chi connectivity index (χ0v) is 14.1. The smallest absolute Gasteiger partial charge is 0.185 e. The van der Waals surface area contributed by atoms with Crippen molar-refractivity contribution in [3.05, 3.63) is 66.0 Å². The summed E-state index contributed by atoms with van der Waals surface area (Å²) >= 11 is 0. The molecule has 3 aromatic rings. The number of rotatable bonds is 5. The van der Waals surface area contributed by atoms with E-state index >= 15 is 0 Å². The second kappa shape index (κ2) is 6.36. The molecule has 120 valence electrons. The van der Waals surface area contributed by atoms with E-state index in [2.05, 4.69) is 44.8 Å². The zero-order chi connectivity index (χ0) is 16.4. The van der Waals surface area contributed by atoms with Crippen molar-refractivity contribution < 1.29 is 0 Å². The largest absolute Gasteiger partial charge is 0.257 e. The van der Waals surface area contributed by atoms with Crippen molar-refractivity contribution in [1.29, 1.82) is 0 Å². The topological polar surface area (TPSA) is 48.5 Å². The van der Waals surface area contributed by atoms with Crippen molar-refractivity contribution in [2.45, 2.75) is 45.7 Å². The molecule has 0 aliphatic heterocycles. The number of hydrogen-bond acceptors (Lipinski definition) is 3. The van der Waals surface area contributed by atoms with Gasteiger partial charge in [-0.25, -0.2) is 9.36 Å². The third-order valence-electron chi connectivity index (χ3n) is 3.89. The Kier molecular flexibility index (Phi) is 4.28. The molecule has 0 radical (unpaired) electrons. The Morgan fingerprint density at radius 1 is 0.739 bits per heavy atom. The van der Waals surface area contributed by atoms with E-state index < -0.39 is 0 Å². The van der Waals surface area contributed by atoms with E-state index in [1.165, 1.54) is 0 Å². The Bertz CT molecular complexity index is 708. The van der Waals surface area contributed by atoms with Crippen LogP contribution in [0, 0.1) is 0 Å². The molecule has 3 heterocycles. The average Bonchev–Trinajstić information content (AvgIpc) is 3.19. The molecule has 0 N–H and O–H groups in total. The molecule has 0 saturated carbocycles. The van der Waals surface area contributed by atoms with Gasteiger partial charge in [-0.05, 0) is 36.1 Å². The van der Waals surface area contributed by atoms with Crippen LogP contribution in [0.5, 0.6) is 0 Å². The van der Waals surface area contributed by atoms with Gasteiger partial charge in [0.2, 0.25) is 0 Å². The molecule has 0 spiro atoms. The molecule has 0 atom stereocenters. The summed E-state index contributed by atoms with van der Waals surface area (Å²) in [4.78, 5) is 4.52. The Balaban J connectivity index is 2.06. The van der Waals surface area contributed by atoms with Crippen LogP contribution in [0.2, 0.25) is 0 Å². The Labute approximate surface area is 137 Å². The minimum Gasteiger partial charge on any atom is -0.257 e. The third kappa shape index (κ3) is 3.18. The molecule has 0 saturated heterocycles. The van der Waals surface area contributed by atoms with Gasteiger partial charge in [0.05, 0.1) is 17.1 Å². The van der Waals surface area contributed by atoms with Crippen LogP contribution in [-0.2, 0) is 0 Å². The molecule has 0 fully saturated rings. The average molecular weight is 309 g/mol. The van der Waals surface area contributed by atoms with E-state index in [1.807, 2.05) is 46.2 Å². The second-order valence-electron chi connectivity index (χ2n) is 6.38. The first kappa shape index (κ1) is 15.5. The number of nitrogens with zero attached hydrogens (tertiary/aromatic N) is 5. The maximum absolute atomic E-state index is 4.73. The predicted octanol–water partition coefficient (Wildman–Crippen LogP) is 3.82. The molecule has 0 aliphatic carbocycles. The summed E-state index contributed by atoms with van der Waals surface area (Å²) in [5.74, 6) is 0.786. The first-order valence-electron chi connectivity index (χ1n) is 8.07. The third-order valence-corrected chi connectivity index (χ3v) is 3.89. The van der Waals surface area contributed by atoms with Crippen LogP contribution in [0.1, 0.15) is 62.8 Å². The molecule has 0 amide bonds. The highest BCUT2D eigenvalue weighted by Crippen LogP contribution is 2.21. The number of hydrogen-bond donors (Lipinski definition) is 0. The lowest BCUT2D eigenvalue weighted by Crippen LogP contribution is -2.22. The summed E-state index contributed by atoms with van der Waals surface area (Å²) in [6.45, 7) is 8.58. The van der Waals surface area contributed by atoms with Gasteiger partial charge >= 0.3 is 0 Å². The van der Waals surface area contributed by atoms with Crippen LogP contribution in [0.4, 0.5) is 0 Å². The van der Waals surface area contributed by atoms with E-state index in [1.54, 1.807) is 0 Å². The molecule has 5 nitrogen and oxygen atoms in total. The molecule has 23 heavy (non-hydrogen) atoms. The summed E-state index contributed by atoms with van der Waals surface area (Å²) < 4.78 is 3.88. The quantitative estimate of drug-likeness (QED) is 0.720. The van der Waals surface area contributed by atoms with Crippen LogP contribution in [0.15, 0.2) is 48.9 Å². The Morgan fingerprint density at radius 2 is 1.30 bits per heavy atom. The lowest BCUT2D eigenvalue weighted by atomic mass is 10.1. The molecule has 0 bridgehead atoms. The Hall–Kier alpha value is -2.43. The lowest BCUT2D eigenvalue weighted by molar-refractivity contribution is 0.403. The predicted molar refractivity (Wildman–Crippen MR) is 90.4 cm³/mol. The van der Waals surface area contributed by atoms with Gasteiger partial charge in [0.25, 0.3) is 0 Å². The molecule has 5 heteroatoms. The fraction of sp³-hybridized carbons (Fsp3) is 0.389. The van der Waals surface area contributed by atoms with E-state index in [9.17, 15) is 0 Å². The summed E-state index contributed by atoms with van der Waals surface area (Å²) in [5.41, 5.74) is 3.06. The highest BCUT2D eigenvalue weighted by atomic mass is 15.4. The van der Waals surface area contributed by atoms with Crippen LogP contribution < -0.4 is 0 Å². The maximum Gasteiger partial charge on any atom is 0.185 e. The minimum atomic E-state index is -0.170. The van der Waals surface area contributed by atoms with E-state index in [0.29, 0.717) is 11.8 Å². The standard InChI is InChI=1S/C18H23N5/c1-13(2)15-8-11-22(20-15)18(17-7-5-6-10-19-17)23-12-9-16(21-23)14(3)4/h5-14,18H,1-4H3. The molecule has 3 rings (SSSR count). The molecule has 0 aliphatic rings. The van der Waals surface area contributed by atoms with Crippen molar-refractivity contribution in [2.75, 3.05) is 0 Å². The van der Waals surface area contributed by atoms with E-state index in [0.717, 1.165) is 17.1 Å². The zero-order valence-electron chi connectivity index (χ0n) is 14.1. The van der Waals surface area contributed by atoms with E-state index in [4.69, 9.17) is 10.2 Å².